The molecule has 0 aliphatic rings. The first-order valence-electron chi connectivity index (χ1n) is 5.84. The molecule has 1 rings (SSSR count). The van der Waals surface area contributed by atoms with E-state index in [1.165, 1.54) is 0 Å². The summed E-state index contributed by atoms with van der Waals surface area (Å²) < 4.78 is 4.99. The van der Waals surface area contributed by atoms with Crippen molar-refractivity contribution < 1.29 is 4.52 Å². The van der Waals surface area contributed by atoms with Gasteiger partial charge < -0.3 is 10.3 Å². The number of hydrogen-bond acceptors (Lipinski definition) is 5. The highest BCUT2D eigenvalue weighted by Crippen LogP contribution is 2.12. The Morgan fingerprint density at radius 1 is 1.35 bits per heavy atom. The third-order valence-corrected chi connectivity index (χ3v) is 2.98. The van der Waals surface area contributed by atoms with Crippen molar-refractivity contribution >= 4 is 12.4 Å². The zero-order chi connectivity index (χ0) is 12.1. The Bertz CT molecular complexity index is 316. The summed E-state index contributed by atoms with van der Waals surface area (Å²) >= 11 is 0. The van der Waals surface area contributed by atoms with E-state index < -0.39 is 0 Å². The first-order valence-corrected chi connectivity index (χ1v) is 5.84. The molecule has 0 amide bonds. The van der Waals surface area contributed by atoms with E-state index >= 15 is 0 Å². The lowest BCUT2D eigenvalue weighted by molar-refractivity contribution is 0.163. The topological polar surface area (TPSA) is 68.2 Å². The Kier molecular flexibility index (Phi) is 7.34. The minimum absolute atomic E-state index is 0. The molecule has 0 saturated carbocycles. The van der Waals surface area contributed by atoms with Gasteiger partial charge in [0.2, 0.25) is 5.89 Å². The Hall–Kier alpha value is -0.650. The van der Waals surface area contributed by atoms with Crippen molar-refractivity contribution in [3.63, 3.8) is 0 Å². The molecule has 0 radical (unpaired) electrons. The van der Waals surface area contributed by atoms with Gasteiger partial charge in [0.25, 0.3) is 0 Å². The number of nitrogens with two attached hydrogens (primary N) is 1. The summed E-state index contributed by atoms with van der Waals surface area (Å²) in [6, 6.07) is 0.504. The van der Waals surface area contributed by atoms with Crippen LogP contribution in [0.4, 0.5) is 0 Å². The van der Waals surface area contributed by atoms with Crippen LogP contribution >= 0.6 is 12.4 Å². The molecule has 1 unspecified atom stereocenters. The van der Waals surface area contributed by atoms with E-state index in [1.54, 1.807) is 0 Å². The van der Waals surface area contributed by atoms with E-state index in [9.17, 15) is 0 Å². The van der Waals surface area contributed by atoms with Crippen LogP contribution in [0.25, 0.3) is 0 Å². The van der Waals surface area contributed by atoms with Gasteiger partial charge in [-0.25, -0.2) is 0 Å². The van der Waals surface area contributed by atoms with Gasteiger partial charge in [0.15, 0.2) is 5.82 Å². The van der Waals surface area contributed by atoms with E-state index in [0.29, 0.717) is 24.4 Å². The Balaban J connectivity index is 0.00000256. The number of rotatable bonds is 6. The first-order chi connectivity index (χ1) is 7.58. The van der Waals surface area contributed by atoms with Crippen LogP contribution < -0.4 is 5.73 Å². The lowest BCUT2D eigenvalue weighted by Crippen LogP contribution is -2.36. The molecular formula is C11H23ClN4O. The molecule has 0 bridgehead atoms. The normalized spacial score (nSPS) is 12.9. The average Bonchev–Trinajstić information content (AvgIpc) is 2.72. The molecule has 0 aliphatic carbocycles. The molecule has 0 aromatic carbocycles. The zero-order valence-electron chi connectivity index (χ0n) is 11.0. The molecule has 0 spiro atoms. The maximum Gasteiger partial charge on any atom is 0.240 e. The molecule has 1 heterocycles. The van der Waals surface area contributed by atoms with Gasteiger partial charge in [0.05, 0.1) is 13.1 Å². The Labute approximate surface area is 109 Å². The van der Waals surface area contributed by atoms with Crippen LogP contribution in [0.15, 0.2) is 4.52 Å². The maximum atomic E-state index is 5.42. The summed E-state index contributed by atoms with van der Waals surface area (Å²) in [7, 11) is 0. The standard InChI is InChI=1S/C11H22N4O.ClH/c1-5-15(9(4)8(2)3)7-10-13-11(6-12)16-14-10;/h8-9H,5-7,12H2,1-4H3;1H. The number of aromatic nitrogens is 2. The van der Waals surface area contributed by atoms with E-state index in [0.717, 1.165) is 18.9 Å². The molecule has 2 N–H and O–H groups in total. The summed E-state index contributed by atoms with van der Waals surface area (Å²) in [5.41, 5.74) is 5.42. The summed E-state index contributed by atoms with van der Waals surface area (Å²) in [5, 5.41) is 3.91. The van der Waals surface area contributed by atoms with Crippen molar-refractivity contribution in [3.8, 4) is 0 Å². The van der Waals surface area contributed by atoms with Crippen LogP contribution in [0, 0.1) is 5.92 Å². The Morgan fingerprint density at radius 3 is 2.41 bits per heavy atom. The summed E-state index contributed by atoms with van der Waals surface area (Å²) in [4.78, 5) is 6.54. The lowest BCUT2D eigenvalue weighted by atomic mass is 10.0. The molecule has 0 aliphatic heterocycles. The van der Waals surface area contributed by atoms with Crippen LogP contribution in [-0.4, -0.2) is 27.6 Å². The number of hydrogen-bond donors (Lipinski definition) is 1. The fourth-order valence-electron chi connectivity index (χ4n) is 1.58. The largest absolute Gasteiger partial charge is 0.338 e. The fraction of sp³-hybridized carbons (Fsp3) is 0.818. The minimum atomic E-state index is 0. The summed E-state index contributed by atoms with van der Waals surface area (Å²) in [5.74, 6) is 1.83. The Morgan fingerprint density at radius 2 is 2.00 bits per heavy atom. The van der Waals surface area contributed by atoms with Gasteiger partial charge in [-0.15, -0.1) is 12.4 Å². The van der Waals surface area contributed by atoms with Gasteiger partial charge in [-0.3, -0.25) is 4.90 Å². The molecule has 1 aromatic heterocycles. The van der Waals surface area contributed by atoms with Gasteiger partial charge in [-0.05, 0) is 19.4 Å². The SMILES string of the molecule is CCN(Cc1noc(CN)n1)C(C)C(C)C.Cl. The van der Waals surface area contributed by atoms with Crippen LogP contribution in [-0.2, 0) is 13.1 Å². The molecule has 100 valence electrons. The summed E-state index contributed by atoms with van der Waals surface area (Å²) in [6.45, 7) is 10.8. The molecule has 1 aromatic rings. The van der Waals surface area contributed by atoms with Crippen molar-refractivity contribution in [1.29, 1.82) is 0 Å². The number of halogens is 1. The fourth-order valence-corrected chi connectivity index (χ4v) is 1.58. The smallest absolute Gasteiger partial charge is 0.240 e. The quantitative estimate of drug-likeness (QED) is 0.847. The van der Waals surface area contributed by atoms with Crippen molar-refractivity contribution in [2.45, 2.75) is 46.8 Å². The van der Waals surface area contributed by atoms with E-state index in [4.69, 9.17) is 10.3 Å². The molecule has 6 heteroatoms. The van der Waals surface area contributed by atoms with E-state index in [1.807, 2.05) is 0 Å². The molecule has 0 saturated heterocycles. The average molecular weight is 263 g/mol. The minimum Gasteiger partial charge on any atom is -0.338 e. The zero-order valence-corrected chi connectivity index (χ0v) is 11.8. The third kappa shape index (κ3) is 4.61. The van der Waals surface area contributed by atoms with Gasteiger partial charge in [-0.2, -0.15) is 4.98 Å². The van der Waals surface area contributed by atoms with Crippen molar-refractivity contribution in [2.75, 3.05) is 6.54 Å². The van der Waals surface area contributed by atoms with E-state index in [2.05, 4.69) is 42.7 Å². The molecular weight excluding hydrogens is 240 g/mol. The van der Waals surface area contributed by atoms with Gasteiger partial charge in [0, 0.05) is 6.04 Å². The molecule has 1 atom stereocenters. The van der Waals surface area contributed by atoms with Gasteiger partial charge in [-0.1, -0.05) is 25.9 Å². The van der Waals surface area contributed by atoms with Crippen molar-refractivity contribution in [1.82, 2.24) is 15.0 Å². The first kappa shape index (κ1) is 16.4. The van der Waals surface area contributed by atoms with Gasteiger partial charge in [0.1, 0.15) is 0 Å². The monoisotopic (exact) mass is 262 g/mol. The molecule has 17 heavy (non-hydrogen) atoms. The van der Waals surface area contributed by atoms with E-state index in [-0.39, 0.29) is 12.4 Å². The lowest BCUT2D eigenvalue weighted by Gasteiger charge is -2.29. The van der Waals surface area contributed by atoms with Crippen LogP contribution in [0.1, 0.15) is 39.4 Å². The van der Waals surface area contributed by atoms with Crippen LogP contribution in [0.5, 0.6) is 0 Å². The third-order valence-electron chi connectivity index (χ3n) is 2.98. The van der Waals surface area contributed by atoms with Gasteiger partial charge >= 0.3 is 0 Å². The maximum absolute atomic E-state index is 5.42. The highest BCUT2D eigenvalue weighted by Gasteiger charge is 2.18. The highest BCUT2D eigenvalue weighted by atomic mass is 35.5. The molecule has 5 nitrogen and oxygen atoms in total. The van der Waals surface area contributed by atoms with Crippen molar-refractivity contribution in [2.24, 2.45) is 11.7 Å². The second kappa shape index (κ2) is 7.63. The molecule has 0 fully saturated rings. The predicted molar refractivity (Wildman–Crippen MR) is 69.8 cm³/mol. The van der Waals surface area contributed by atoms with Crippen LogP contribution in [0.2, 0.25) is 0 Å². The highest BCUT2D eigenvalue weighted by molar-refractivity contribution is 5.85. The second-order valence-corrected chi connectivity index (χ2v) is 4.36. The van der Waals surface area contributed by atoms with Crippen molar-refractivity contribution in [3.05, 3.63) is 11.7 Å². The summed E-state index contributed by atoms with van der Waals surface area (Å²) in [6.07, 6.45) is 0. The predicted octanol–water partition coefficient (Wildman–Crippen LogP) is 1.82. The second-order valence-electron chi connectivity index (χ2n) is 4.36. The van der Waals surface area contributed by atoms with Crippen LogP contribution in [0.3, 0.4) is 0 Å². The number of nitrogens with zero attached hydrogens (tertiary/aromatic N) is 3.